The zero-order chi connectivity index (χ0) is 10.7. The summed E-state index contributed by atoms with van der Waals surface area (Å²) in [7, 11) is 0. The Balaban J connectivity index is 2.34. The highest BCUT2D eigenvalue weighted by Crippen LogP contribution is 2.39. The van der Waals surface area contributed by atoms with Crippen LogP contribution >= 0.6 is 11.3 Å². The lowest BCUT2D eigenvalue weighted by atomic mass is 9.81. The van der Waals surface area contributed by atoms with Crippen molar-refractivity contribution in [3.8, 4) is 0 Å². The van der Waals surface area contributed by atoms with Gasteiger partial charge < -0.3 is 5.11 Å². The summed E-state index contributed by atoms with van der Waals surface area (Å²) in [5, 5.41) is 12.1. The topological polar surface area (TPSA) is 50.2 Å². The van der Waals surface area contributed by atoms with Gasteiger partial charge in [-0.2, -0.15) is 0 Å². The van der Waals surface area contributed by atoms with E-state index in [2.05, 4.69) is 4.98 Å². The molecule has 0 spiro atoms. The van der Waals surface area contributed by atoms with Gasteiger partial charge >= 0.3 is 5.97 Å². The summed E-state index contributed by atoms with van der Waals surface area (Å²) in [6, 6.07) is 0. The monoisotopic (exact) mass is 225 g/mol. The highest BCUT2D eigenvalue weighted by Gasteiger charge is 2.42. The maximum absolute atomic E-state index is 11.5. The van der Waals surface area contributed by atoms with Crippen molar-refractivity contribution in [1.29, 1.82) is 0 Å². The van der Waals surface area contributed by atoms with Crippen molar-refractivity contribution in [2.75, 3.05) is 0 Å². The van der Waals surface area contributed by atoms with Crippen LogP contribution in [0.4, 0.5) is 0 Å². The maximum atomic E-state index is 11.5. The van der Waals surface area contributed by atoms with E-state index in [9.17, 15) is 9.90 Å². The zero-order valence-electron chi connectivity index (χ0n) is 8.61. The Bertz CT molecular complexity index is 326. The Morgan fingerprint density at radius 1 is 1.33 bits per heavy atom. The van der Waals surface area contributed by atoms with Gasteiger partial charge in [0.25, 0.3) is 0 Å². The second kappa shape index (κ2) is 4.31. The molecule has 4 heteroatoms. The molecular formula is C11H15NO2S. The zero-order valence-corrected chi connectivity index (χ0v) is 9.42. The van der Waals surface area contributed by atoms with Crippen LogP contribution in [0.25, 0.3) is 0 Å². The Hall–Kier alpha value is -0.900. The van der Waals surface area contributed by atoms with E-state index in [0.717, 1.165) is 43.5 Å². The first-order chi connectivity index (χ1) is 7.26. The standard InChI is InChI=1S/C11H15NO2S/c13-10(14)11(9-12-7-8-15-9)5-3-1-2-4-6-11/h7-8H,1-6H2,(H,13,14). The third-order valence-electron chi connectivity index (χ3n) is 3.21. The molecule has 2 rings (SSSR count). The van der Waals surface area contributed by atoms with Crippen molar-refractivity contribution < 1.29 is 9.90 Å². The molecule has 1 heterocycles. The minimum absolute atomic E-state index is 0.690. The summed E-state index contributed by atoms with van der Waals surface area (Å²) in [5.74, 6) is -0.695. The van der Waals surface area contributed by atoms with E-state index >= 15 is 0 Å². The molecule has 0 atom stereocenters. The molecule has 0 unspecified atom stereocenters. The molecule has 1 aliphatic carbocycles. The summed E-state index contributed by atoms with van der Waals surface area (Å²) < 4.78 is 0. The minimum atomic E-state index is -0.695. The Labute approximate surface area is 93.2 Å². The molecule has 0 radical (unpaired) electrons. The average molecular weight is 225 g/mol. The number of carboxylic acids is 1. The first kappa shape index (κ1) is 10.6. The molecule has 3 nitrogen and oxygen atoms in total. The summed E-state index contributed by atoms with van der Waals surface area (Å²) >= 11 is 1.47. The molecule has 0 aromatic carbocycles. The lowest BCUT2D eigenvalue weighted by Gasteiger charge is -2.25. The van der Waals surface area contributed by atoms with Gasteiger partial charge in [0.1, 0.15) is 10.4 Å². The number of aromatic nitrogens is 1. The van der Waals surface area contributed by atoms with Crippen LogP contribution in [0.5, 0.6) is 0 Å². The van der Waals surface area contributed by atoms with Crippen LogP contribution in [0.15, 0.2) is 11.6 Å². The average Bonchev–Trinajstić information content (AvgIpc) is 2.63. The van der Waals surface area contributed by atoms with E-state index in [1.807, 2.05) is 5.38 Å². The number of hydrogen-bond acceptors (Lipinski definition) is 3. The van der Waals surface area contributed by atoms with Gasteiger partial charge in [-0.1, -0.05) is 25.7 Å². The van der Waals surface area contributed by atoms with Gasteiger partial charge in [0.15, 0.2) is 0 Å². The van der Waals surface area contributed by atoms with Crippen molar-refractivity contribution in [3.63, 3.8) is 0 Å². The van der Waals surface area contributed by atoms with E-state index in [-0.39, 0.29) is 0 Å². The lowest BCUT2D eigenvalue weighted by molar-refractivity contribution is -0.144. The lowest BCUT2D eigenvalue weighted by Crippen LogP contribution is -2.35. The number of nitrogens with zero attached hydrogens (tertiary/aromatic N) is 1. The van der Waals surface area contributed by atoms with Gasteiger partial charge in [-0.05, 0) is 12.8 Å². The molecule has 1 aromatic rings. The number of carbonyl (C=O) groups is 1. The molecule has 1 fully saturated rings. The highest BCUT2D eigenvalue weighted by atomic mass is 32.1. The van der Waals surface area contributed by atoms with Crippen LogP contribution in [0.3, 0.4) is 0 Å². The number of hydrogen-bond donors (Lipinski definition) is 1. The molecule has 1 aliphatic rings. The van der Waals surface area contributed by atoms with Crippen molar-refractivity contribution in [1.82, 2.24) is 4.98 Å². The van der Waals surface area contributed by atoms with Crippen LogP contribution < -0.4 is 0 Å². The van der Waals surface area contributed by atoms with Gasteiger partial charge in [0.05, 0.1) is 0 Å². The summed E-state index contributed by atoms with van der Waals surface area (Å²) in [5.41, 5.74) is -0.690. The van der Waals surface area contributed by atoms with Crippen LogP contribution in [-0.2, 0) is 10.2 Å². The fourth-order valence-corrected chi connectivity index (χ4v) is 3.20. The Morgan fingerprint density at radius 3 is 2.47 bits per heavy atom. The van der Waals surface area contributed by atoms with Crippen molar-refractivity contribution in [2.24, 2.45) is 0 Å². The first-order valence-corrected chi connectivity index (χ1v) is 6.27. The van der Waals surface area contributed by atoms with Gasteiger partial charge in [0, 0.05) is 11.6 Å². The van der Waals surface area contributed by atoms with E-state index in [1.54, 1.807) is 6.20 Å². The van der Waals surface area contributed by atoms with Crippen LogP contribution in [0.2, 0.25) is 0 Å². The number of rotatable bonds is 2. The maximum Gasteiger partial charge on any atom is 0.316 e. The molecule has 0 amide bonds. The number of aliphatic carboxylic acids is 1. The summed E-state index contributed by atoms with van der Waals surface area (Å²) in [4.78, 5) is 15.7. The molecule has 82 valence electrons. The van der Waals surface area contributed by atoms with Gasteiger partial charge in [-0.25, -0.2) is 4.98 Å². The van der Waals surface area contributed by atoms with Crippen LogP contribution in [0.1, 0.15) is 43.5 Å². The number of carboxylic acid groups (broad SMARTS) is 1. The van der Waals surface area contributed by atoms with Crippen LogP contribution in [-0.4, -0.2) is 16.1 Å². The Morgan fingerprint density at radius 2 is 2.00 bits per heavy atom. The SMILES string of the molecule is O=C(O)C1(c2nccs2)CCCCCC1. The third-order valence-corrected chi connectivity index (χ3v) is 4.19. The largest absolute Gasteiger partial charge is 0.481 e. The van der Waals surface area contributed by atoms with Crippen molar-refractivity contribution >= 4 is 17.3 Å². The third kappa shape index (κ3) is 1.91. The van der Waals surface area contributed by atoms with Crippen LogP contribution in [0, 0.1) is 0 Å². The molecule has 0 bridgehead atoms. The normalized spacial score (nSPS) is 20.8. The molecular weight excluding hydrogens is 210 g/mol. The predicted molar refractivity (Wildman–Crippen MR) is 59.1 cm³/mol. The van der Waals surface area contributed by atoms with Gasteiger partial charge in [-0.3, -0.25) is 4.79 Å². The molecule has 15 heavy (non-hydrogen) atoms. The second-order valence-corrected chi connectivity index (χ2v) is 5.03. The van der Waals surface area contributed by atoms with E-state index in [4.69, 9.17) is 0 Å². The fraction of sp³-hybridized carbons (Fsp3) is 0.636. The Kier molecular flexibility index (Phi) is 3.05. The predicted octanol–water partition coefficient (Wildman–Crippen LogP) is 2.82. The smallest absolute Gasteiger partial charge is 0.316 e. The minimum Gasteiger partial charge on any atom is -0.481 e. The van der Waals surface area contributed by atoms with E-state index < -0.39 is 11.4 Å². The summed E-state index contributed by atoms with van der Waals surface area (Å²) in [6.07, 6.45) is 7.51. The quantitative estimate of drug-likeness (QED) is 0.787. The van der Waals surface area contributed by atoms with Crippen molar-refractivity contribution in [3.05, 3.63) is 16.6 Å². The van der Waals surface area contributed by atoms with Crippen molar-refractivity contribution in [2.45, 2.75) is 43.9 Å². The van der Waals surface area contributed by atoms with Gasteiger partial charge in [-0.15, -0.1) is 11.3 Å². The molecule has 1 aromatic heterocycles. The van der Waals surface area contributed by atoms with Gasteiger partial charge in [0.2, 0.25) is 0 Å². The summed E-state index contributed by atoms with van der Waals surface area (Å²) in [6.45, 7) is 0. The highest BCUT2D eigenvalue weighted by molar-refractivity contribution is 7.09. The molecule has 0 aliphatic heterocycles. The molecule has 1 saturated carbocycles. The fourth-order valence-electron chi connectivity index (χ4n) is 2.31. The van der Waals surface area contributed by atoms with E-state index in [1.165, 1.54) is 11.3 Å². The molecule has 0 saturated heterocycles. The second-order valence-electron chi connectivity index (χ2n) is 4.14. The molecule has 1 N–H and O–H groups in total. The first-order valence-electron chi connectivity index (χ1n) is 5.39. The van der Waals surface area contributed by atoms with E-state index in [0.29, 0.717) is 0 Å². The number of thiazole rings is 1.